The van der Waals surface area contributed by atoms with Crippen LogP contribution in [0.4, 0.5) is 18.9 Å². The van der Waals surface area contributed by atoms with Crippen LogP contribution in [0.5, 0.6) is 0 Å². The van der Waals surface area contributed by atoms with E-state index >= 15 is 0 Å². The molecule has 0 saturated carbocycles. The fraction of sp³-hybridized carbons (Fsp3) is 0.333. The highest BCUT2D eigenvalue weighted by Crippen LogP contribution is 2.32. The zero-order chi connectivity index (χ0) is 19.3. The lowest BCUT2D eigenvalue weighted by molar-refractivity contribution is -0.388. The van der Waals surface area contributed by atoms with Gasteiger partial charge in [0.2, 0.25) is 11.6 Å². The summed E-state index contributed by atoms with van der Waals surface area (Å²) in [7, 11) is 0. The van der Waals surface area contributed by atoms with Gasteiger partial charge in [-0.2, -0.15) is 4.39 Å². The van der Waals surface area contributed by atoms with E-state index in [1.807, 2.05) is 0 Å². The lowest BCUT2D eigenvalue weighted by Crippen LogP contribution is -2.22. The van der Waals surface area contributed by atoms with Gasteiger partial charge in [0.15, 0.2) is 5.82 Å². The Morgan fingerprint density at radius 3 is 2.28 bits per heavy atom. The smallest absolute Gasteiger partial charge is 0.343 e. The van der Waals surface area contributed by atoms with E-state index in [1.54, 1.807) is 6.92 Å². The van der Waals surface area contributed by atoms with E-state index in [2.05, 4.69) is 10.1 Å². The van der Waals surface area contributed by atoms with Crippen LogP contribution < -0.4 is 5.32 Å². The van der Waals surface area contributed by atoms with Gasteiger partial charge in [0, 0.05) is 18.3 Å². The standard InChI is InChI=1S/C15H15F3N2O5/c1-4-19-6-8(15(22)25-5-2)14(21)9-10(16)7(3)11(17)12(18)13(9)20(23)24/h6,19H,4-5H2,1-3H3. The first-order valence-electron chi connectivity index (χ1n) is 7.15. The topological polar surface area (TPSA) is 98.5 Å². The summed E-state index contributed by atoms with van der Waals surface area (Å²) in [6, 6.07) is 0. The fourth-order valence-electron chi connectivity index (χ4n) is 1.91. The van der Waals surface area contributed by atoms with Gasteiger partial charge in [-0.25, -0.2) is 13.6 Å². The van der Waals surface area contributed by atoms with Crippen LogP contribution in [-0.4, -0.2) is 29.8 Å². The molecular formula is C15H15F3N2O5. The minimum Gasteiger partial charge on any atom is -0.462 e. The van der Waals surface area contributed by atoms with E-state index in [1.165, 1.54) is 6.92 Å². The van der Waals surface area contributed by atoms with Crippen LogP contribution in [0.15, 0.2) is 11.8 Å². The number of ether oxygens (including phenoxy) is 1. The molecule has 0 heterocycles. The number of carbonyl (C=O) groups excluding carboxylic acids is 2. The van der Waals surface area contributed by atoms with Crippen molar-refractivity contribution in [1.82, 2.24) is 5.32 Å². The molecule has 0 saturated heterocycles. The summed E-state index contributed by atoms with van der Waals surface area (Å²) in [6.07, 6.45) is 0.875. The number of Topliss-reactive ketones (excluding diaryl/α,β-unsaturated/α-hetero) is 1. The van der Waals surface area contributed by atoms with Gasteiger partial charge in [0.05, 0.1) is 11.5 Å². The molecule has 0 unspecified atom stereocenters. The van der Waals surface area contributed by atoms with E-state index in [4.69, 9.17) is 0 Å². The second-order valence-corrected chi connectivity index (χ2v) is 4.71. The van der Waals surface area contributed by atoms with Crippen LogP contribution in [0.2, 0.25) is 0 Å². The zero-order valence-electron chi connectivity index (χ0n) is 13.6. The van der Waals surface area contributed by atoms with Crippen molar-refractivity contribution in [2.24, 2.45) is 0 Å². The molecule has 7 nitrogen and oxygen atoms in total. The Balaban J connectivity index is 3.69. The monoisotopic (exact) mass is 360 g/mol. The van der Waals surface area contributed by atoms with Gasteiger partial charge in [0.25, 0.3) is 0 Å². The highest BCUT2D eigenvalue weighted by atomic mass is 19.2. The van der Waals surface area contributed by atoms with Crippen LogP contribution in [-0.2, 0) is 9.53 Å². The minimum absolute atomic E-state index is 0.128. The molecule has 10 heteroatoms. The highest BCUT2D eigenvalue weighted by Gasteiger charge is 2.37. The molecule has 1 rings (SSSR count). The third-order valence-electron chi connectivity index (χ3n) is 3.12. The first-order chi connectivity index (χ1) is 11.7. The van der Waals surface area contributed by atoms with Crippen molar-refractivity contribution in [3.8, 4) is 0 Å². The van der Waals surface area contributed by atoms with E-state index in [0.29, 0.717) is 0 Å². The third kappa shape index (κ3) is 3.95. The first-order valence-corrected chi connectivity index (χ1v) is 7.15. The molecule has 0 radical (unpaired) electrons. The average Bonchev–Trinajstić information content (AvgIpc) is 2.55. The Labute approximate surface area is 140 Å². The molecule has 0 atom stereocenters. The summed E-state index contributed by atoms with van der Waals surface area (Å²) in [4.78, 5) is 34.0. The van der Waals surface area contributed by atoms with Crippen LogP contribution in [0.3, 0.4) is 0 Å². The number of nitro groups is 1. The molecule has 1 aromatic carbocycles. The van der Waals surface area contributed by atoms with Crippen molar-refractivity contribution < 1.29 is 32.4 Å². The second kappa shape index (κ2) is 8.27. The molecule has 1 N–H and O–H groups in total. The van der Waals surface area contributed by atoms with E-state index < -0.39 is 56.5 Å². The normalized spacial score (nSPS) is 11.2. The number of rotatable bonds is 7. The molecular weight excluding hydrogens is 345 g/mol. The lowest BCUT2D eigenvalue weighted by Gasteiger charge is -2.11. The molecule has 0 bridgehead atoms. The Morgan fingerprint density at radius 2 is 1.80 bits per heavy atom. The van der Waals surface area contributed by atoms with Crippen LogP contribution in [0.25, 0.3) is 0 Å². The lowest BCUT2D eigenvalue weighted by atomic mass is 9.98. The van der Waals surface area contributed by atoms with Crippen molar-refractivity contribution in [2.45, 2.75) is 20.8 Å². The quantitative estimate of drug-likeness (QED) is 0.117. The van der Waals surface area contributed by atoms with Gasteiger partial charge >= 0.3 is 11.7 Å². The first kappa shape index (κ1) is 20.1. The number of benzene rings is 1. The summed E-state index contributed by atoms with van der Waals surface area (Å²) in [5, 5.41) is 13.5. The zero-order valence-corrected chi connectivity index (χ0v) is 13.6. The van der Waals surface area contributed by atoms with Gasteiger partial charge in [-0.05, 0) is 20.8 Å². The Kier molecular flexibility index (Phi) is 6.66. The largest absolute Gasteiger partial charge is 0.462 e. The molecule has 25 heavy (non-hydrogen) atoms. The van der Waals surface area contributed by atoms with E-state index in [9.17, 15) is 32.9 Å². The van der Waals surface area contributed by atoms with E-state index in [0.717, 1.165) is 13.1 Å². The van der Waals surface area contributed by atoms with Crippen molar-refractivity contribution in [1.29, 1.82) is 0 Å². The maximum Gasteiger partial charge on any atom is 0.343 e. The Bertz CT molecular complexity index is 762. The SMILES string of the molecule is CCNC=C(C(=O)OCC)C(=O)c1c(F)c(C)c(F)c(F)c1[N+](=O)[O-]. The van der Waals surface area contributed by atoms with Crippen molar-refractivity contribution in [3.05, 3.63) is 50.5 Å². The number of nitrogens with zero attached hydrogens (tertiary/aromatic N) is 1. The number of halogens is 3. The van der Waals surface area contributed by atoms with Crippen molar-refractivity contribution in [3.63, 3.8) is 0 Å². The molecule has 0 aliphatic heterocycles. The van der Waals surface area contributed by atoms with Gasteiger partial charge < -0.3 is 10.1 Å². The molecule has 0 spiro atoms. The third-order valence-corrected chi connectivity index (χ3v) is 3.12. The molecule has 0 aromatic heterocycles. The van der Waals surface area contributed by atoms with Crippen LogP contribution in [0.1, 0.15) is 29.8 Å². The summed E-state index contributed by atoms with van der Waals surface area (Å²) in [5.41, 5.74) is -4.73. The Hall–Kier alpha value is -2.91. The summed E-state index contributed by atoms with van der Waals surface area (Å²) < 4.78 is 46.4. The number of ketones is 1. The van der Waals surface area contributed by atoms with Crippen LogP contribution >= 0.6 is 0 Å². The van der Waals surface area contributed by atoms with Crippen molar-refractivity contribution >= 4 is 17.4 Å². The van der Waals surface area contributed by atoms with E-state index in [-0.39, 0.29) is 13.2 Å². The fourth-order valence-corrected chi connectivity index (χ4v) is 1.91. The number of nitrogens with one attached hydrogen (secondary N) is 1. The number of hydrogen-bond donors (Lipinski definition) is 1. The number of hydrogen-bond acceptors (Lipinski definition) is 6. The molecule has 0 amide bonds. The average molecular weight is 360 g/mol. The molecule has 0 fully saturated rings. The number of carbonyl (C=O) groups is 2. The predicted octanol–water partition coefficient (Wildman–Crippen LogP) is 2.56. The highest BCUT2D eigenvalue weighted by molar-refractivity contribution is 6.25. The summed E-state index contributed by atoms with van der Waals surface area (Å²) >= 11 is 0. The molecule has 136 valence electrons. The van der Waals surface area contributed by atoms with Gasteiger partial charge in [-0.1, -0.05) is 0 Å². The maximum absolute atomic E-state index is 14.3. The minimum atomic E-state index is -1.99. The number of nitro benzene ring substituents is 1. The van der Waals surface area contributed by atoms with Crippen LogP contribution in [0, 0.1) is 34.5 Å². The molecule has 0 aliphatic rings. The maximum atomic E-state index is 14.3. The predicted molar refractivity (Wildman–Crippen MR) is 80.4 cm³/mol. The van der Waals surface area contributed by atoms with Gasteiger partial charge in [-0.3, -0.25) is 14.9 Å². The number of esters is 1. The molecule has 0 aliphatic carbocycles. The summed E-state index contributed by atoms with van der Waals surface area (Å²) in [5.74, 6) is -8.08. The summed E-state index contributed by atoms with van der Waals surface area (Å²) in [6.45, 7) is 4.01. The van der Waals surface area contributed by atoms with Gasteiger partial charge in [0.1, 0.15) is 17.0 Å². The molecule has 1 aromatic rings. The van der Waals surface area contributed by atoms with Gasteiger partial charge in [-0.15, -0.1) is 0 Å². The Morgan fingerprint density at radius 1 is 1.20 bits per heavy atom. The van der Waals surface area contributed by atoms with Crippen molar-refractivity contribution in [2.75, 3.05) is 13.2 Å². The second-order valence-electron chi connectivity index (χ2n) is 4.71.